The van der Waals surface area contributed by atoms with Crippen molar-refractivity contribution in [1.29, 1.82) is 0 Å². The van der Waals surface area contributed by atoms with Crippen molar-refractivity contribution in [3.63, 3.8) is 0 Å². The van der Waals surface area contributed by atoms with Gasteiger partial charge in [-0.25, -0.2) is 0 Å². The first kappa shape index (κ1) is 15.9. The van der Waals surface area contributed by atoms with Gasteiger partial charge in [-0.3, -0.25) is 4.79 Å². The topological polar surface area (TPSA) is 35.5 Å². The number of aryl methyl sites for hydroxylation is 2. The number of thioether (sulfide) groups is 1. The Kier molecular flexibility index (Phi) is 6.78. The number of methoxy groups -OCH3 is 1. The van der Waals surface area contributed by atoms with Gasteiger partial charge in [-0.15, -0.1) is 0 Å². The van der Waals surface area contributed by atoms with E-state index in [0.717, 1.165) is 17.1 Å². The zero-order valence-corrected chi connectivity index (χ0v) is 12.9. The lowest BCUT2D eigenvalue weighted by molar-refractivity contribution is -0.140. The molecule has 19 heavy (non-hydrogen) atoms. The van der Waals surface area contributed by atoms with Crippen LogP contribution in [0.2, 0.25) is 0 Å². The van der Waals surface area contributed by atoms with E-state index in [-0.39, 0.29) is 11.2 Å². The second kappa shape index (κ2) is 8.10. The highest BCUT2D eigenvalue weighted by molar-refractivity contribution is 7.99. The van der Waals surface area contributed by atoms with Gasteiger partial charge in [-0.1, -0.05) is 19.1 Å². The number of carbonyl (C=O) groups excluding carboxylic acids is 1. The predicted molar refractivity (Wildman–Crippen MR) is 80.0 cm³/mol. The van der Waals surface area contributed by atoms with Crippen LogP contribution in [0.1, 0.15) is 24.5 Å². The summed E-state index contributed by atoms with van der Waals surface area (Å²) in [5.74, 6) is 1.66. The van der Waals surface area contributed by atoms with Gasteiger partial charge in [-0.2, -0.15) is 11.8 Å². The molecule has 1 atom stereocenters. The van der Waals surface area contributed by atoms with Gasteiger partial charge in [0, 0.05) is 11.0 Å². The quantitative estimate of drug-likeness (QED) is 0.567. The molecule has 106 valence electrons. The van der Waals surface area contributed by atoms with Crippen molar-refractivity contribution in [3.05, 3.63) is 29.3 Å². The molecule has 0 aliphatic carbocycles. The molecule has 0 saturated carbocycles. The summed E-state index contributed by atoms with van der Waals surface area (Å²) < 4.78 is 10.4. The zero-order chi connectivity index (χ0) is 14.3. The van der Waals surface area contributed by atoms with Gasteiger partial charge in [0.2, 0.25) is 0 Å². The van der Waals surface area contributed by atoms with E-state index in [1.165, 1.54) is 12.7 Å². The third kappa shape index (κ3) is 6.01. The first-order valence-corrected chi connectivity index (χ1v) is 7.46. The highest BCUT2D eigenvalue weighted by Crippen LogP contribution is 2.20. The zero-order valence-electron chi connectivity index (χ0n) is 12.1. The molecule has 0 N–H and O–H groups in total. The number of hydrogen-bond donors (Lipinski definition) is 0. The largest absolute Gasteiger partial charge is 0.492 e. The summed E-state index contributed by atoms with van der Waals surface area (Å²) in [6, 6.07) is 6.20. The smallest absolute Gasteiger partial charge is 0.306 e. The van der Waals surface area contributed by atoms with Crippen LogP contribution in [0.5, 0.6) is 5.75 Å². The summed E-state index contributed by atoms with van der Waals surface area (Å²) in [5, 5.41) is 0.259. The molecule has 1 aromatic carbocycles. The fourth-order valence-corrected chi connectivity index (χ4v) is 2.48. The summed E-state index contributed by atoms with van der Waals surface area (Å²) in [5.41, 5.74) is 2.35. The Labute approximate surface area is 119 Å². The summed E-state index contributed by atoms with van der Waals surface area (Å²) in [6.45, 7) is 6.78. The van der Waals surface area contributed by atoms with E-state index < -0.39 is 0 Å². The first-order valence-electron chi connectivity index (χ1n) is 6.41. The molecule has 0 aromatic heterocycles. The molecule has 1 unspecified atom stereocenters. The highest BCUT2D eigenvalue weighted by Gasteiger charge is 2.09. The molecule has 0 saturated heterocycles. The minimum atomic E-state index is -0.157. The van der Waals surface area contributed by atoms with Gasteiger partial charge in [0.1, 0.15) is 5.75 Å². The molecule has 0 spiro atoms. The van der Waals surface area contributed by atoms with Crippen molar-refractivity contribution in [2.75, 3.05) is 19.5 Å². The maximum atomic E-state index is 11.1. The Hall–Kier alpha value is -1.16. The molecule has 1 rings (SSSR count). The Bertz CT molecular complexity index is 418. The molecule has 0 bridgehead atoms. The molecular weight excluding hydrogens is 260 g/mol. The fraction of sp³-hybridized carbons (Fsp3) is 0.533. The molecule has 4 heteroatoms. The number of esters is 1. The average molecular weight is 282 g/mol. The van der Waals surface area contributed by atoms with Crippen LogP contribution in [0.3, 0.4) is 0 Å². The summed E-state index contributed by atoms with van der Waals surface area (Å²) >= 11 is 1.72. The third-order valence-electron chi connectivity index (χ3n) is 2.77. The maximum absolute atomic E-state index is 11.1. The van der Waals surface area contributed by atoms with E-state index in [0.29, 0.717) is 13.0 Å². The maximum Gasteiger partial charge on any atom is 0.306 e. The summed E-state index contributed by atoms with van der Waals surface area (Å²) in [6.07, 6.45) is 0.449. The Morgan fingerprint density at radius 3 is 2.79 bits per heavy atom. The second-order valence-corrected chi connectivity index (χ2v) is 6.13. The van der Waals surface area contributed by atoms with Crippen LogP contribution < -0.4 is 4.74 Å². The van der Waals surface area contributed by atoms with Crippen molar-refractivity contribution >= 4 is 17.7 Å². The number of hydrogen-bond acceptors (Lipinski definition) is 4. The van der Waals surface area contributed by atoms with E-state index in [4.69, 9.17) is 4.74 Å². The normalized spacial score (nSPS) is 12.0. The number of rotatable bonds is 7. The van der Waals surface area contributed by atoms with Crippen molar-refractivity contribution in [3.8, 4) is 5.75 Å². The van der Waals surface area contributed by atoms with Crippen molar-refractivity contribution in [2.45, 2.75) is 32.4 Å². The monoisotopic (exact) mass is 282 g/mol. The first-order chi connectivity index (χ1) is 9.02. The average Bonchev–Trinajstić information content (AvgIpc) is 2.38. The minimum Gasteiger partial charge on any atom is -0.492 e. The SMILES string of the molecule is COC(=O)CC(C)SCCOc1cc(C)ccc1C. The molecule has 0 heterocycles. The van der Waals surface area contributed by atoms with Crippen LogP contribution in [0.25, 0.3) is 0 Å². The molecule has 0 fully saturated rings. The van der Waals surface area contributed by atoms with Crippen LogP contribution in [0.4, 0.5) is 0 Å². The molecule has 0 aliphatic rings. The second-order valence-electron chi connectivity index (χ2n) is 4.58. The van der Waals surface area contributed by atoms with E-state index in [1.54, 1.807) is 11.8 Å². The number of ether oxygens (including phenoxy) is 2. The van der Waals surface area contributed by atoms with Crippen LogP contribution in [-0.2, 0) is 9.53 Å². The lowest BCUT2D eigenvalue weighted by Gasteiger charge is -2.12. The van der Waals surface area contributed by atoms with Crippen molar-refractivity contribution < 1.29 is 14.3 Å². The van der Waals surface area contributed by atoms with E-state index >= 15 is 0 Å². The lowest BCUT2D eigenvalue weighted by Crippen LogP contribution is -2.11. The van der Waals surface area contributed by atoms with Gasteiger partial charge in [0.05, 0.1) is 20.1 Å². The Balaban J connectivity index is 2.27. The van der Waals surface area contributed by atoms with Gasteiger partial charge in [0.15, 0.2) is 0 Å². The molecule has 1 aromatic rings. The standard InChI is InChI=1S/C15H22O3S/c1-11-5-6-12(2)14(9-11)18-7-8-19-13(3)10-15(16)17-4/h5-6,9,13H,7-8,10H2,1-4H3. The Morgan fingerprint density at radius 2 is 2.11 bits per heavy atom. The van der Waals surface area contributed by atoms with E-state index in [2.05, 4.69) is 29.9 Å². The number of benzene rings is 1. The van der Waals surface area contributed by atoms with Crippen LogP contribution >= 0.6 is 11.8 Å². The summed E-state index contributed by atoms with van der Waals surface area (Å²) in [7, 11) is 1.42. The van der Waals surface area contributed by atoms with Crippen molar-refractivity contribution in [1.82, 2.24) is 0 Å². The lowest BCUT2D eigenvalue weighted by atomic mass is 10.1. The van der Waals surface area contributed by atoms with E-state index in [9.17, 15) is 4.79 Å². The van der Waals surface area contributed by atoms with Gasteiger partial charge in [0.25, 0.3) is 0 Å². The minimum absolute atomic E-state index is 0.157. The fourth-order valence-electron chi connectivity index (χ4n) is 1.64. The Morgan fingerprint density at radius 1 is 1.37 bits per heavy atom. The third-order valence-corrected chi connectivity index (χ3v) is 3.91. The summed E-state index contributed by atoms with van der Waals surface area (Å²) in [4.78, 5) is 11.1. The molecule has 0 aliphatic heterocycles. The predicted octanol–water partition coefficient (Wildman–Crippen LogP) is 3.37. The molecule has 0 amide bonds. The molecular formula is C15H22O3S. The van der Waals surface area contributed by atoms with Crippen molar-refractivity contribution in [2.24, 2.45) is 0 Å². The highest BCUT2D eigenvalue weighted by atomic mass is 32.2. The van der Waals surface area contributed by atoms with Gasteiger partial charge >= 0.3 is 5.97 Å². The molecule has 3 nitrogen and oxygen atoms in total. The van der Waals surface area contributed by atoms with Gasteiger partial charge in [-0.05, 0) is 31.0 Å². The number of carbonyl (C=O) groups is 1. The van der Waals surface area contributed by atoms with Crippen LogP contribution in [0.15, 0.2) is 18.2 Å². The van der Waals surface area contributed by atoms with Crippen LogP contribution in [-0.4, -0.2) is 30.7 Å². The van der Waals surface area contributed by atoms with E-state index in [1.807, 2.05) is 13.8 Å². The van der Waals surface area contributed by atoms with Gasteiger partial charge < -0.3 is 9.47 Å². The van der Waals surface area contributed by atoms with Crippen LogP contribution in [0, 0.1) is 13.8 Å². The molecule has 0 radical (unpaired) electrons.